The highest BCUT2D eigenvalue weighted by Gasteiger charge is 2.19. The molecular formula is C7H4BrClFNO3S. The molecule has 0 aliphatic rings. The first-order chi connectivity index (χ1) is 6.73. The van der Waals surface area contributed by atoms with Crippen molar-refractivity contribution in [2.75, 3.05) is 0 Å². The standard InChI is InChI=1S/C7H4BrClFNO3S/c8-4-2-5(10)3(7(11)12)1-6(4)15(9,13)14/h1-2H,(H2,11,12). The molecule has 0 saturated heterocycles. The average molecular weight is 317 g/mol. The summed E-state index contributed by atoms with van der Waals surface area (Å²) in [6.45, 7) is 0. The van der Waals surface area contributed by atoms with Gasteiger partial charge in [0.25, 0.3) is 15.0 Å². The third-order valence-corrected chi connectivity index (χ3v) is 3.83. The van der Waals surface area contributed by atoms with Gasteiger partial charge in [0.1, 0.15) is 5.82 Å². The Hall–Kier alpha value is -0.660. The third kappa shape index (κ3) is 2.67. The summed E-state index contributed by atoms with van der Waals surface area (Å²) in [5.74, 6) is -1.99. The SMILES string of the molecule is NC(=O)c1cc(S(=O)(=O)Cl)c(Br)cc1F. The van der Waals surface area contributed by atoms with Crippen LogP contribution in [0.15, 0.2) is 21.5 Å². The molecule has 0 heterocycles. The highest BCUT2D eigenvalue weighted by molar-refractivity contribution is 9.10. The van der Waals surface area contributed by atoms with Crippen molar-refractivity contribution in [1.29, 1.82) is 0 Å². The van der Waals surface area contributed by atoms with Crippen molar-refractivity contribution < 1.29 is 17.6 Å². The zero-order chi connectivity index (χ0) is 11.8. The Morgan fingerprint density at radius 2 is 2.00 bits per heavy atom. The van der Waals surface area contributed by atoms with Gasteiger partial charge >= 0.3 is 0 Å². The number of amides is 1. The van der Waals surface area contributed by atoms with E-state index in [-0.39, 0.29) is 4.47 Å². The van der Waals surface area contributed by atoms with Crippen LogP contribution in [0.2, 0.25) is 0 Å². The molecule has 1 rings (SSSR count). The molecular weight excluding hydrogens is 313 g/mol. The predicted octanol–water partition coefficient (Wildman–Crippen LogP) is 1.61. The normalized spacial score (nSPS) is 11.4. The first kappa shape index (κ1) is 12.4. The summed E-state index contributed by atoms with van der Waals surface area (Å²) in [7, 11) is 1.01. The molecule has 0 aliphatic carbocycles. The lowest BCUT2D eigenvalue weighted by molar-refractivity contribution is 0.0996. The molecule has 15 heavy (non-hydrogen) atoms. The van der Waals surface area contributed by atoms with Crippen LogP contribution in [0.4, 0.5) is 4.39 Å². The summed E-state index contributed by atoms with van der Waals surface area (Å²) in [4.78, 5) is 10.3. The maximum atomic E-state index is 13.1. The number of benzene rings is 1. The van der Waals surface area contributed by atoms with E-state index in [4.69, 9.17) is 16.4 Å². The minimum atomic E-state index is -4.06. The van der Waals surface area contributed by atoms with Gasteiger partial charge in [-0.3, -0.25) is 4.79 Å². The van der Waals surface area contributed by atoms with Gasteiger partial charge in [0.2, 0.25) is 0 Å². The van der Waals surface area contributed by atoms with Crippen molar-refractivity contribution in [3.05, 3.63) is 28.0 Å². The van der Waals surface area contributed by atoms with Gasteiger partial charge < -0.3 is 5.73 Å². The van der Waals surface area contributed by atoms with Gasteiger partial charge in [0.05, 0.1) is 10.5 Å². The molecule has 0 unspecified atom stereocenters. The van der Waals surface area contributed by atoms with Crippen LogP contribution < -0.4 is 5.73 Å². The highest BCUT2D eigenvalue weighted by Crippen LogP contribution is 2.27. The molecule has 0 fully saturated rings. The van der Waals surface area contributed by atoms with Crippen LogP contribution in [0.3, 0.4) is 0 Å². The molecule has 0 spiro atoms. The summed E-state index contributed by atoms with van der Waals surface area (Å²) in [6.07, 6.45) is 0. The fraction of sp³-hybridized carbons (Fsp3) is 0. The van der Waals surface area contributed by atoms with Gasteiger partial charge in [0, 0.05) is 15.2 Å². The second-order valence-electron chi connectivity index (χ2n) is 2.56. The molecule has 0 aromatic heterocycles. The molecule has 1 aromatic rings. The molecule has 0 radical (unpaired) electrons. The lowest BCUT2D eigenvalue weighted by Gasteiger charge is -2.03. The fourth-order valence-electron chi connectivity index (χ4n) is 0.905. The largest absolute Gasteiger partial charge is 0.366 e. The molecule has 1 aromatic carbocycles. The second-order valence-corrected chi connectivity index (χ2v) is 5.95. The van der Waals surface area contributed by atoms with E-state index in [0.717, 1.165) is 12.1 Å². The average Bonchev–Trinajstić information content (AvgIpc) is 2.00. The van der Waals surface area contributed by atoms with E-state index in [1.807, 2.05) is 0 Å². The summed E-state index contributed by atoms with van der Waals surface area (Å²) in [6, 6.07) is 1.60. The van der Waals surface area contributed by atoms with Gasteiger partial charge in [-0.1, -0.05) is 0 Å². The van der Waals surface area contributed by atoms with E-state index in [2.05, 4.69) is 15.9 Å². The maximum Gasteiger partial charge on any atom is 0.262 e. The molecule has 0 atom stereocenters. The zero-order valence-electron chi connectivity index (χ0n) is 7.00. The summed E-state index contributed by atoms with van der Waals surface area (Å²) >= 11 is 2.81. The van der Waals surface area contributed by atoms with Crippen molar-refractivity contribution in [3.8, 4) is 0 Å². The molecule has 82 valence electrons. The lowest BCUT2D eigenvalue weighted by Crippen LogP contribution is -2.14. The topological polar surface area (TPSA) is 77.2 Å². The van der Waals surface area contributed by atoms with E-state index < -0.39 is 31.2 Å². The summed E-state index contributed by atoms with van der Waals surface area (Å²) in [5.41, 5.74) is 4.31. The second kappa shape index (κ2) is 4.07. The molecule has 8 heteroatoms. The first-order valence-electron chi connectivity index (χ1n) is 3.47. The zero-order valence-corrected chi connectivity index (χ0v) is 10.2. The number of hydrogen-bond acceptors (Lipinski definition) is 3. The van der Waals surface area contributed by atoms with Crippen molar-refractivity contribution >= 4 is 41.6 Å². The van der Waals surface area contributed by atoms with Crippen LogP contribution in [-0.2, 0) is 9.05 Å². The number of carbonyl (C=O) groups excluding carboxylic acids is 1. The molecule has 0 saturated carbocycles. The third-order valence-electron chi connectivity index (χ3n) is 1.55. The highest BCUT2D eigenvalue weighted by atomic mass is 79.9. The predicted molar refractivity (Wildman–Crippen MR) is 55.7 cm³/mol. The Morgan fingerprint density at radius 3 is 2.40 bits per heavy atom. The Labute approximate surface area is 97.8 Å². The van der Waals surface area contributed by atoms with E-state index in [1.54, 1.807) is 0 Å². The van der Waals surface area contributed by atoms with E-state index in [0.29, 0.717) is 0 Å². The monoisotopic (exact) mass is 315 g/mol. The molecule has 1 amide bonds. The van der Waals surface area contributed by atoms with Crippen LogP contribution >= 0.6 is 26.6 Å². The van der Waals surface area contributed by atoms with Crippen molar-refractivity contribution in [2.24, 2.45) is 5.73 Å². The van der Waals surface area contributed by atoms with Gasteiger partial charge in [-0.25, -0.2) is 12.8 Å². The number of hydrogen-bond donors (Lipinski definition) is 1. The minimum Gasteiger partial charge on any atom is -0.366 e. The van der Waals surface area contributed by atoms with E-state index >= 15 is 0 Å². The Morgan fingerprint density at radius 1 is 1.47 bits per heavy atom. The van der Waals surface area contributed by atoms with E-state index in [1.165, 1.54) is 0 Å². The van der Waals surface area contributed by atoms with Crippen LogP contribution in [0.5, 0.6) is 0 Å². The lowest BCUT2D eigenvalue weighted by atomic mass is 10.2. The molecule has 4 nitrogen and oxygen atoms in total. The summed E-state index contributed by atoms with van der Waals surface area (Å²) in [5, 5.41) is 0. The number of primary amides is 1. The van der Waals surface area contributed by atoms with Crippen molar-refractivity contribution in [3.63, 3.8) is 0 Å². The van der Waals surface area contributed by atoms with Gasteiger partial charge in [-0.15, -0.1) is 0 Å². The van der Waals surface area contributed by atoms with Gasteiger partial charge in [-0.2, -0.15) is 0 Å². The van der Waals surface area contributed by atoms with Crippen LogP contribution in [0.25, 0.3) is 0 Å². The number of rotatable bonds is 2. The minimum absolute atomic E-state index is 0.0694. The molecule has 0 aliphatic heterocycles. The van der Waals surface area contributed by atoms with Gasteiger partial charge in [-0.05, 0) is 28.1 Å². The van der Waals surface area contributed by atoms with Gasteiger partial charge in [0.15, 0.2) is 0 Å². The smallest absolute Gasteiger partial charge is 0.262 e. The van der Waals surface area contributed by atoms with Crippen LogP contribution in [0.1, 0.15) is 10.4 Å². The molecule has 2 N–H and O–H groups in total. The Kier molecular flexibility index (Phi) is 3.37. The van der Waals surface area contributed by atoms with Crippen LogP contribution in [0, 0.1) is 5.82 Å². The van der Waals surface area contributed by atoms with Crippen molar-refractivity contribution in [1.82, 2.24) is 0 Å². The quantitative estimate of drug-likeness (QED) is 0.842. The fourth-order valence-corrected chi connectivity index (χ4v) is 3.07. The molecule has 0 bridgehead atoms. The number of carbonyl (C=O) groups is 1. The van der Waals surface area contributed by atoms with Crippen LogP contribution in [-0.4, -0.2) is 14.3 Å². The Bertz CT molecular complexity index is 531. The number of halogens is 3. The van der Waals surface area contributed by atoms with E-state index in [9.17, 15) is 17.6 Å². The first-order valence-corrected chi connectivity index (χ1v) is 6.57. The Balaban J connectivity index is 3.58. The van der Waals surface area contributed by atoms with Crippen molar-refractivity contribution in [2.45, 2.75) is 4.90 Å². The maximum absolute atomic E-state index is 13.1. The summed E-state index contributed by atoms with van der Waals surface area (Å²) < 4.78 is 35.0. The number of nitrogens with two attached hydrogens (primary N) is 1.